The Labute approximate surface area is 174 Å². The second kappa shape index (κ2) is 10.4. The average Bonchev–Trinajstić information content (AvgIpc) is 2.67. The van der Waals surface area contributed by atoms with Crippen LogP contribution in [-0.2, 0) is 22.6 Å². The maximum Gasteiger partial charge on any atom is 0.242 e. The fraction of sp³-hybridized carbons (Fsp3) is 0.333. The minimum absolute atomic E-state index is 0.122. The van der Waals surface area contributed by atoms with Crippen LogP contribution in [0.5, 0.6) is 0 Å². The molecule has 0 saturated heterocycles. The summed E-state index contributed by atoms with van der Waals surface area (Å²) in [6.07, 6.45) is 0.554. The number of carbonyl (C=O) groups excluding carboxylic acids is 2. The molecule has 0 radical (unpaired) electrons. The first-order valence-electron chi connectivity index (χ1n) is 9.08. The molecular weight excluding hydrogens is 402 g/mol. The van der Waals surface area contributed by atoms with Gasteiger partial charge < -0.3 is 10.2 Å². The van der Waals surface area contributed by atoms with Crippen molar-refractivity contribution in [3.8, 4) is 0 Å². The molecule has 7 heteroatoms. The van der Waals surface area contributed by atoms with Crippen molar-refractivity contribution in [2.24, 2.45) is 0 Å². The van der Waals surface area contributed by atoms with Gasteiger partial charge in [0.2, 0.25) is 11.8 Å². The molecule has 1 N–H and O–H groups in total. The fourth-order valence-corrected chi connectivity index (χ4v) is 3.07. The molecule has 0 fully saturated rings. The van der Waals surface area contributed by atoms with Crippen LogP contribution in [0.15, 0.2) is 42.5 Å². The molecule has 0 saturated carbocycles. The van der Waals surface area contributed by atoms with Gasteiger partial charge in [0.1, 0.15) is 11.9 Å². The van der Waals surface area contributed by atoms with Crippen LogP contribution in [0, 0.1) is 5.82 Å². The van der Waals surface area contributed by atoms with E-state index in [0.717, 1.165) is 12.0 Å². The van der Waals surface area contributed by atoms with Crippen LogP contribution in [0.2, 0.25) is 10.0 Å². The number of benzene rings is 2. The summed E-state index contributed by atoms with van der Waals surface area (Å²) < 4.78 is 14.1. The van der Waals surface area contributed by atoms with E-state index in [9.17, 15) is 14.0 Å². The lowest BCUT2D eigenvalue weighted by Gasteiger charge is -2.29. The molecule has 2 aromatic carbocycles. The molecule has 0 aliphatic carbocycles. The maximum absolute atomic E-state index is 14.1. The quantitative estimate of drug-likeness (QED) is 0.671. The van der Waals surface area contributed by atoms with Crippen LogP contribution in [0.25, 0.3) is 0 Å². The van der Waals surface area contributed by atoms with E-state index in [4.69, 9.17) is 23.2 Å². The molecule has 4 nitrogen and oxygen atoms in total. The lowest BCUT2D eigenvalue weighted by Crippen LogP contribution is -2.48. The number of halogens is 3. The highest BCUT2D eigenvalue weighted by Gasteiger charge is 2.27. The van der Waals surface area contributed by atoms with Gasteiger partial charge in [-0.25, -0.2) is 4.39 Å². The summed E-state index contributed by atoms with van der Waals surface area (Å²) in [4.78, 5) is 26.9. The molecule has 28 heavy (non-hydrogen) atoms. The van der Waals surface area contributed by atoms with E-state index in [0.29, 0.717) is 11.6 Å². The minimum atomic E-state index is -0.722. The normalized spacial score (nSPS) is 11.8. The van der Waals surface area contributed by atoms with E-state index >= 15 is 0 Å². The molecule has 0 heterocycles. The first kappa shape index (κ1) is 22.2. The lowest BCUT2D eigenvalue weighted by atomic mass is 10.1. The van der Waals surface area contributed by atoms with Gasteiger partial charge in [0.15, 0.2) is 0 Å². The van der Waals surface area contributed by atoms with Crippen LogP contribution in [0.4, 0.5) is 4.39 Å². The summed E-state index contributed by atoms with van der Waals surface area (Å²) in [6.45, 7) is 4.32. The van der Waals surface area contributed by atoms with E-state index in [1.807, 2.05) is 6.92 Å². The Bertz CT molecular complexity index is 807. The van der Waals surface area contributed by atoms with Gasteiger partial charge in [-0.3, -0.25) is 9.59 Å². The predicted molar refractivity (Wildman–Crippen MR) is 110 cm³/mol. The van der Waals surface area contributed by atoms with Crippen molar-refractivity contribution in [3.63, 3.8) is 0 Å². The molecule has 0 spiro atoms. The molecule has 150 valence electrons. The summed E-state index contributed by atoms with van der Waals surface area (Å²) in [5, 5.41) is 3.56. The molecule has 2 rings (SSSR count). The van der Waals surface area contributed by atoms with Gasteiger partial charge in [-0.15, -0.1) is 0 Å². The Hall–Kier alpha value is -2.11. The van der Waals surface area contributed by atoms with Crippen molar-refractivity contribution in [2.45, 2.75) is 39.3 Å². The Kier molecular flexibility index (Phi) is 8.27. The maximum atomic E-state index is 14.1. The smallest absolute Gasteiger partial charge is 0.242 e. The van der Waals surface area contributed by atoms with E-state index in [1.54, 1.807) is 31.2 Å². The third-order valence-corrected chi connectivity index (χ3v) is 4.98. The lowest BCUT2D eigenvalue weighted by molar-refractivity contribution is -0.140. The zero-order chi connectivity index (χ0) is 20.7. The van der Waals surface area contributed by atoms with Crippen LogP contribution in [-0.4, -0.2) is 29.3 Å². The molecule has 1 atom stereocenters. The van der Waals surface area contributed by atoms with Gasteiger partial charge in [-0.05, 0) is 43.2 Å². The Morgan fingerprint density at radius 2 is 1.82 bits per heavy atom. The number of nitrogens with one attached hydrogen (secondary N) is 1. The van der Waals surface area contributed by atoms with Gasteiger partial charge >= 0.3 is 0 Å². The van der Waals surface area contributed by atoms with Gasteiger partial charge in [0.05, 0.1) is 6.42 Å². The number of hydrogen-bond acceptors (Lipinski definition) is 2. The van der Waals surface area contributed by atoms with Crippen molar-refractivity contribution in [2.75, 3.05) is 6.54 Å². The second-order valence-corrected chi connectivity index (χ2v) is 7.34. The van der Waals surface area contributed by atoms with Gasteiger partial charge in [-0.1, -0.05) is 48.3 Å². The van der Waals surface area contributed by atoms with E-state index < -0.39 is 11.9 Å². The molecule has 2 aromatic rings. The van der Waals surface area contributed by atoms with E-state index in [2.05, 4.69) is 5.32 Å². The van der Waals surface area contributed by atoms with Crippen LogP contribution in [0.1, 0.15) is 31.4 Å². The van der Waals surface area contributed by atoms with Crippen molar-refractivity contribution >= 4 is 35.0 Å². The Balaban J connectivity index is 2.26. The van der Waals surface area contributed by atoms with Gasteiger partial charge in [0, 0.05) is 28.7 Å². The van der Waals surface area contributed by atoms with Crippen molar-refractivity contribution < 1.29 is 14.0 Å². The SMILES string of the molecule is CCCNC(=O)C(C)N(Cc1ccc(Cl)cc1)C(=O)Cc1c(F)cccc1Cl. The number of rotatable bonds is 8. The molecule has 0 aromatic heterocycles. The second-order valence-electron chi connectivity index (χ2n) is 6.49. The highest BCUT2D eigenvalue weighted by Crippen LogP contribution is 2.21. The molecule has 2 amide bonds. The number of nitrogens with zero attached hydrogens (tertiary/aromatic N) is 1. The van der Waals surface area contributed by atoms with Gasteiger partial charge in [0.25, 0.3) is 0 Å². The van der Waals surface area contributed by atoms with Crippen LogP contribution >= 0.6 is 23.2 Å². The zero-order valence-corrected chi connectivity index (χ0v) is 17.4. The number of amides is 2. The van der Waals surface area contributed by atoms with Crippen molar-refractivity contribution in [3.05, 3.63) is 69.5 Å². The van der Waals surface area contributed by atoms with E-state index in [1.165, 1.54) is 23.1 Å². The average molecular weight is 425 g/mol. The summed E-state index contributed by atoms with van der Waals surface area (Å²) in [6, 6.07) is 10.6. The van der Waals surface area contributed by atoms with Crippen molar-refractivity contribution in [1.29, 1.82) is 0 Å². The summed E-state index contributed by atoms with van der Waals surface area (Å²) in [5.74, 6) is -1.19. The zero-order valence-electron chi connectivity index (χ0n) is 15.8. The molecule has 0 aliphatic heterocycles. The van der Waals surface area contributed by atoms with Crippen LogP contribution in [0.3, 0.4) is 0 Å². The molecule has 0 aliphatic rings. The third kappa shape index (κ3) is 5.94. The fourth-order valence-electron chi connectivity index (χ4n) is 2.72. The Morgan fingerprint density at radius 3 is 2.43 bits per heavy atom. The first-order valence-corrected chi connectivity index (χ1v) is 9.83. The Morgan fingerprint density at radius 1 is 1.14 bits per heavy atom. The standard InChI is InChI=1S/C21H23Cl2FN2O2/c1-3-11-25-21(28)14(2)26(13-15-7-9-16(22)10-8-15)20(27)12-17-18(23)5-4-6-19(17)24/h4-10,14H,3,11-13H2,1-2H3,(H,25,28). The number of hydrogen-bond donors (Lipinski definition) is 1. The first-order chi connectivity index (χ1) is 13.3. The summed E-state index contributed by atoms with van der Waals surface area (Å²) in [7, 11) is 0. The van der Waals surface area contributed by atoms with Crippen molar-refractivity contribution in [1.82, 2.24) is 10.2 Å². The van der Waals surface area contributed by atoms with E-state index in [-0.39, 0.29) is 35.4 Å². The molecule has 0 bridgehead atoms. The minimum Gasteiger partial charge on any atom is -0.354 e. The predicted octanol–water partition coefficient (Wildman–Crippen LogP) is 4.62. The topological polar surface area (TPSA) is 49.4 Å². The monoisotopic (exact) mass is 424 g/mol. The highest BCUT2D eigenvalue weighted by atomic mass is 35.5. The summed E-state index contributed by atoms with van der Waals surface area (Å²) >= 11 is 12.0. The summed E-state index contributed by atoms with van der Waals surface area (Å²) in [5.41, 5.74) is 0.934. The van der Waals surface area contributed by atoms with Crippen LogP contribution < -0.4 is 5.32 Å². The number of carbonyl (C=O) groups is 2. The third-order valence-electron chi connectivity index (χ3n) is 4.37. The van der Waals surface area contributed by atoms with Gasteiger partial charge in [-0.2, -0.15) is 0 Å². The largest absolute Gasteiger partial charge is 0.354 e. The molecule has 1 unspecified atom stereocenters. The molecular formula is C21H23Cl2FN2O2. The highest BCUT2D eigenvalue weighted by molar-refractivity contribution is 6.31.